The van der Waals surface area contributed by atoms with Gasteiger partial charge in [0.05, 0.1) is 5.75 Å². The minimum Gasteiger partial charge on any atom is -0.440 e. The zero-order valence-electron chi connectivity index (χ0n) is 18.4. The Bertz CT molecular complexity index is 952. The molecule has 0 saturated heterocycles. The number of hydrogen-bond acceptors (Lipinski definition) is 5. The summed E-state index contributed by atoms with van der Waals surface area (Å²) in [5.74, 6) is -0.258. The number of aryl methyl sites for hydroxylation is 2. The molecule has 7 heteroatoms. The zero-order valence-corrected chi connectivity index (χ0v) is 19.3. The highest BCUT2D eigenvalue weighted by atomic mass is 32.2. The first-order chi connectivity index (χ1) is 14.2. The number of carbonyl (C=O) groups is 1. The van der Waals surface area contributed by atoms with E-state index in [4.69, 9.17) is 4.74 Å². The van der Waals surface area contributed by atoms with Crippen LogP contribution in [0.1, 0.15) is 43.6 Å². The second-order valence-electron chi connectivity index (χ2n) is 7.30. The maximum atomic E-state index is 12.6. The van der Waals surface area contributed by atoms with E-state index in [-0.39, 0.29) is 11.5 Å². The summed E-state index contributed by atoms with van der Waals surface area (Å²) < 4.78 is 29.9. The van der Waals surface area contributed by atoms with Gasteiger partial charge in [-0.2, -0.15) is 0 Å². The highest BCUT2D eigenvalue weighted by Crippen LogP contribution is 2.25. The molecule has 0 aliphatic carbocycles. The van der Waals surface area contributed by atoms with Crippen LogP contribution in [0, 0.1) is 13.8 Å². The molecule has 0 bridgehead atoms. The summed E-state index contributed by atoms with van der Waals surface area (Å²) in [6, 6.07) is 13.1. The third-order valence-electron chi connectivity index (χ3n) is 5.12. The lowest BCUT2D eigenvalue weighted by molar-refractivity contribution is 0.122. The fourth-order valence-electron chi connectivity index (χ4n) is 3.17. The van der Waals surface area contributed by atoms with Crippen molar-refractivity contribution < 1.29 is 17.9 Å². The van der Waals surface area contributed by atoms with Gasteiger partial charge in [-0.25, -0.2) is 13.2 Å². The summed E-state index contributed by atoms with van der Waals surface area (Å²) in [5.41, 5.74) is 4.33. The maximum Gasteiger partial charge on any atom is 0.412 e. The van der Waals surface area contributed by atoms with Crippen molar-refractivity contribution in [3.63, 3.8) is 0 Å². The predicted octanol–water partition coefficient (Wildman–Crippen LogP) is 4.87. The Morgan fingerprint density at radius 2 is 1.67 bits per heavy atom. The number of benzene rings is 2. The van der Waals surface area contributed by atoms with Gasteiger partial charge in [0, 0.05) is 30.2 Å². The van der Waals surface area contributed by atoms with E-state index in [0.717, 1.165) is 29.9 Å². The van der Waals surface area contributed by atoms with Gasteiger partial charge in [-0.15, -0.1) is 0 Å². The Morgan fingerprint density at radius 3 is 2.20 bits per heavy atom. The lowest BCUT2D eigenvalue weighted by atomic mass is 10.1. The fourth-order valence-corrected chi connectivity index (χ4v) is 4.13. The van der Waals surface area contributed by atoms with Crippen molar-refractivity contribution in [3.05, 3.63) is 59.2 Å². The van der Waals surface area contributed by atoms with Gasteiger partial charge in [-0.05, 0) is 57.0 Å². The Kier molecular flexibility index (Phi) is 8.29. The molecule has 30 heavy (non-hydrogen) atoms. The molecule has 1 unspecified atom stereocenters. The second-order valence-corrected chi connectivity index (χ2v) is 9.70. The average molecular weight is 433 g/mol. The molecule has 0 radical (unpaired) electrons. The summed E-state index contributed by atoms with van der Waals surface area (Å²) >= 11 is 0. The minimum absolute atomic E-state index is 0.00767. The number of hydrogen-bond donors (Lipinski definition) is 1. The Labute approximate surface area is 180 Å². The molecule has 0 aliphatic rings. The first kappa shape index (κ1) is 23.7. The van der Waals surface area contributed by atoms with Gasteiger partial charge in [-0.1, -0.05) is 36.8 Å². The van der Waals surface area contributed by atoms with Crippen LogP contribution < -0.4 is 10.2 Å². The number of nitrogens with one attached hydrogen (secondary N) is 1. The SMILES string of the molecule is CCN(CC)c1ccc(NC(=O)OC(CS(=O)(=O)CC)c2ccc(C)cc2)c(C)c1. The van der Waals surface area contributed by atoms with E-state index in [2.05, 4.69) is 24.1 Å². The number of sulfone groups is 1. The number of ether oxygens (including phenoxy) is 1. The van der Waals surface area contributed by atoms with Crippen molar-refractivity contribution in [1.82, 2.24) is 0 Å². The van der Waals surface area contributed by atoms with Crippen molar-refractivity contribution in [2.75, 3.05) is 34.8 Å². The maximum absolute atomic E-state index is 12.6. The number of anilines is 2. The van der Waals surface area contributed by atoms with Crippen LogP contribution in [0.2, 0.25) is 0 Å². The number of rotatable bonds is 9. The molecule has 0 heterocycles. The minimum atomic E-state index is -3.34. The van der Waals surface area contributed by atoms with Crippen molar-refractivity contribution in [1.29, 1.82) is 0 Å². The van der Waals surface area contributed by atoms with Crippen LogP contribution in [0.15, 0.2) is 42.5 Å². The molecule has 2 aromatic rings. The molecular formula is C23H32N2O4S. The normalized spacial score (nSPS) is 12.3. The summed E-state index contributed by atoms with van der Waals surface area (Å²) in [4.78, 5) is 14.8. The lowest BCUT2D eigenvalue weighted by Gasteiger charge is -2.23. The van der Waals surface area contributed by atoms with Gasteiger partial charge in [0.15, 0.2) is 9.84 Å². The molecule has 1 atom stereocenters. The van der Waals surface area contributed by atoms with Crippen molar-refractivity contribution in [2.24, 2.45) is 0 Å². The van der Waals surface area contributed by atoms with Crippen LogP contribution in [0.25, 0.3) is 0 Å². The molecule has 0 spiro atoms. The van der Waals surface area contributed by atoms with Crippen LogP contribution >= 0.6 is 0 Å². The second kappa shape index (κ2) is 10.5. The van der Waals surface area contributed by atoms with Gasteiger partial charge in [0.2, 0.25) is 0 Å². The first-order valence-electron chi connectivity index (χ1n) is 10.3. The van der Waals surface area contributed by atoms with E-state index >= 15 is 0 Å². The zero-order chi connectivity index (χ0) is 22.3. The van der Waals surface area contributed by atoms with E-state index < -0.39 is 22.0 Å². The molecular weight excluding hydrogens is 400 g/mol. The lowest BCUT2D eigenvalue weighted by Crippen LogP contribution is -2.24. The topological polar surface area (TPSA) is 75.7 Å². The van der Waals surface area contributed by atoms with E-state index in [1.807, 2.05) is 44.2 Å². The molecule has 1 amide bonds. The average Bonchev–Trinajstić information content (AvgIpc) is 2.71. The van der Waals surface area contributed by atoms with Gasteiger partial charge in [0.25, 0.3) is 0 Å². The van der Waals surface area contributed by atoms with Crippen molar-refractivity contribution >= 4 is 27.3 Å². The largest absolute Gasteiger partial charge is 0.440 e. The fraction of sp³-hybridized carbons (Fsp3) is 0.435. The van der Waals surface area contributed by atoms with Gasteiger partial charge in [0.1, 0.15) is 6.10 Å². The highest BCUT2D eigenvalue weighted by molar-refractivity contribution is 7.91. The van der Waals surface area contributed by atoms with Crippen molar-refractivity contribution in [3.8, 4) is 0 Å². The quantitative estimate of drug-likeness (QED) is 0.611. The molecule has 0 aromatic heterocycles. The van der Waals surface area contributed by atoms with E-state index in [0.29, 0.717) is 11.3 Å². The van der Waals surface area contributed by atoms with Crippen LogP contribution in [0.3, 0.4) is 0 Å². The van der Waals surface area contributed by atoms with Gasteiger partial charge >= 0.3 is 6.09 Å². The molecule has 0 fully saturated rings. The van der Waals surface area contributed by atoms with Crippen molar-refractivity contribution in [2.45, 2.75) is 40.7 Å². The Morgan fingerprint density at radius 1 is 1.03 bits per heavy atom. The third kappa shape index (κ3) is 6.49. The first-order valence-corrected chi connectivity index (χ1v) is 12.1. The molecule has 6 nitrogen and oxygen atoms in total. The highest BCUT2D eigenvalue weighted by Gasteiger charge is 2.24. The molecule has 164 valence electrons. The van der Waals surface area contributed by atoms with Crippen LogP contribution in [-0.4, -0.2) is 39.1 Å². The smallest absolute Gasteiger partial charge is 0.412 e. The van der Waals surface area contributed by atoms with Crippen LogP contribution in [0.4, 0.5) is 16.2 Å². The number of amides is 1. The van der Waals surface area contributed by atoms with Gasteiger partial charge in [-0.3, -0.25) is 5.32 Å². The Balaban J connectivity index is 2.18. The molecule has 0 aliphatic heterocycles. The Hall–Kier alpha value is -2.54. The standard InChI is InChI=1S/C23H32N2O4S/c1-6-25(7-2)20-13-14-21(18(5)15-20)24-23(26)29-22(16-30(27,28)8-3)19-11-9-17(4)10-12-19/h9-15,22H,6-8,16H2,1-5H3,(H,24,26). The molecule has 1 N–H and O–H groups in total. The summed E-state index contributed by atoms with van der Waals surface area (Å²) in [6.07, 6.45) is -1.55. The van der Waals surface area contributed by atoms with Crippen LogP contribution in [0.5, 0.6) is 0 Å². The predicted molar refractivity (Wildman–Crippen MR) is 123 cm³/mol. The monoisotopic (exact) mass is 432 g/mol. The molecule has 2 aromatic carbocycles. The summed E-state index contributed by atoms with van der Waals surface area (Å²) in [7, 11) is -3.34. The number of nitrogens with zero attached hydrogens (tertiary/aromatic N) is 1. The summed E-state index contributed by atoms with van der Waals surface area (Å²) in [5, 5.41) is 2.75. The molecule has 0 saturated carbocycles. The summed E-state index contributed by atoms with van der Waals surface area (Å²) in [6.45, 7) is 11.4. The third-order valence-corrected chi connectivity index (χ3v) is 6.81. The van der Waals surface area contributed by atoms with E-state index in [1.54, 1.807) is 19.1 Å². The molecule has 2 rings (SSSR count). The van der Waals surface area contributed by atoms with E-state index in [1.165, 1.54) is 0 Å². The van der Waals surface area contributed by atoms with Gasteiger partial charge < -0.3 is 9.64 Å². The van der Waals surface area contributed by atoms with E-state index in [9.17, 15) is 13.2 Å². The number of carbonyl (C=O) groups excluding carboxylic acids is 1. The van der Waals surface area contributed by atoms with Crippen LogP contribution in [-0.2, 0) is 14.6 Å².